The first-order chi connectivity index (χ1) is 8.80. The van der Waals surface area contributed by atoms with Crippen molar-refractivity contribution in [3.8, 4) is 0 Å². The van der Waals surface area contributed by atoms with Crippen molar-refractivity contribution in [1.82, 2.24) is 10.2 Å². The van der Waals surface area contributed by atoms with Gasteiger partial charge in [0.05, 0.1) is 13.2 Å². The molecule has 0 spiro atoms. The number of carbonyl (C=O) groups is 1. The molecule has 1 aliphatic rings. The fourth-order valence-corrected chi connectivity index (χ4v) is 2.16. The summed E-state index contributed by atoms with van der Waals surface area (Å²) in [5, 5.41) is 1.98. The average Bonchev–Trinajstić information content (AvgIpc) is 2.33. The fourth-order valence-electron chi connectivity index (χ4n) is 2.16. The number of hydrogen-bond donors (Lipinski definition) is 1. The van der Waals surface area contributed by atoms with Gasteiger partial charge in [-0.05, 0) is 12.3 Å². The molecule has 0 saturated carbocycles. The van der Waals surface area contributed by atoms with Crippen LogP contribution in [0, 0.1) is 5.92 Å². The van der Waals surface area contributed by atoms with Gasteiger partial charge < -0.3 is 10.1 Å². The monoisotopic (exact) mass is 282 g/mol. The highest BCUT2D eigenvalue weighted by atomic mass is 19.4. The number of carbonyl (C=O) groups excluding carboxylic acids is 1. The number of amides is 1. The number of hydrogen-bond acceptors (Lipinski definition) is 3. The highest BCUT2D eigenvalue weighted by Gasteiger charge is 2.39. The van der Waals surface area contributed by atoms with Gasteiger partial charge in [-0.2, -0.15) is 13.2 Å². The van der Waals surface area contributed by atoms with E-state index in [0.717, 1.165) is 6.42 Å². The predicted molar refractivity (Wildman–Crippen MR) is 64.7 cm³/mol. The maximum absolute atomic E-state index is 12.2. The van der Waals surface area contributed by atoms with Crippen LogP contribution in [0.25, 0.3) is 0 Å². The molecule has 0 radical (unpaired) electrons. The lowest BCUT2D eigenvalue weighted by molar-refractivity contribution is -0.173. The minimum atomic E-state index is -4.81. The highest BCUT2D eigenvalue weighted by molar-refractivity contribution is 5.81. The van der Waals surface area contributed by atoms with E-state index in [1.165, 1.54) is 0 Å². The molecule has 1 aliphatic heterocycles. The van der Waals surface area contributed by atoms with E-state index in [-0.39, 0.29) is 12.6 Å². The van der Waals surface area contributed by atoms with Crippen LogP contribution in [-0.2, 0) is 9.53 Å². The summed E-state index contributed by atoms with van der Waals surface area (Å²) in [4.78, 5) is 12.9. The lowest BCUT2D eigenvalue weighted by Gasteiger charge is -2.35. The normalized spacial score (nSPS) is 19.5. The van der Waals surface area contributed by atoms with Crippen LogP contribution in [-0.4, -0.2) is 55.9 Å². The number of morpholine rings is 1. The van der Waals surface area contributed by atoms with Crippen molar-refractivity contribution in [3.05, 3.63) is 0 Å². The maximum atomic E-state index is 12.2. The van der Waals surface area contributed by atoms with Gasteiger partial charge in [0.25, 0.3) is 0 Å². The third-order valence-corrected chi connectivity index (χ3v) is 3.06. The molecule has 4 nitrogen and oxygen atoms in total. The first-order valence-corrected chi connectivity index (χ1v) is 6.47. The number of alkyl halides is 3. The third-order valence-electron chi connectivity index (χ3n) is 3.06. The van der Waals surface area contributed by atoms with Crippen LogP contribution in [0.1, 0.15) is 20.3 Å². The topological polar surface area (TPSA) is 41.6 Å². The molecule has 19 heavy (non-hydrogen) atoms. The van der Waals surface area contributed by atoms with Crippen molar-refractivity contribution in [1.29, 1.82) is 0 Å². The Bertz CT molecular complexity index is 289. The molecule has 112 valence electrons. The van der Waals surface area contributed by atoms with Crippen LogP contribution in [0.4, 0.5) is 13.2 Å². The standard InChI is InChI=1S/C12H21F3N2O2/c1-9(2)7-10(17-3-5-19-6-4-17)8-16-11(18)12(13,14)15/h9-10H,3-8H2,1-2H3,(H,16,18). The second-order valence-electron chi connectivity index (χ2n) is 5.14. The molecular formula is C12H21F3N2O2. The van der Waals surface area contributed by atoms with Crippen LogP contribution in [0.5, 0.6) is 0 Å². The van der Waals surface area contributed by atoms with Crippen LogP contribution in [0.2, 0.25) is 0 Å². The van der Waals surface area contributed by atoms with Crippen LogP contribution in [0.15, 0.2) is 0 Å². The molecule has 1 amide bonds. The Morgan fingerprint density at radius 2 is 1.89 bits per heavy atom. The van der Waals surface area contributed by atoms with Crippen molar-refractivity contribution in [2.75, 3.05) is 32.8 Å². The first-order valence-electron chi connectivity index (χ1n) is 6.47. The minimum absolute atomic E-state index is 0.0243. The van der Waals surface area contributed by atoms with E-state index in [1.807, 2.05) is 19.2 Å². The zero-order chi connectivity index (χ0) is 14.5. The SMILES string of the molecule is CC(C)CC(CNC(=O)C(F)(F)F)N1CCOCC1. The molecule has 1 fully saturated rings. The van der Waals surface area contributed by atoms with E-state index in [4.69, 9.17) is 4.74 Å². The molecule has 0 bridgehead atoms. The number of rotatable bonds is 5. The van der Waals surface area contributed by atoms with E-state index in [0.29, 0.717) is 32.2 Å². The van der Waals surface area contributed by atoms with Crippen molar-refractivity contribution in [3.63, 3.8) is 0 Å². The van der Waals surface area contributed by atoms with Gasteiger partial charge >= 0.3 is 12.1 Å². The summed E-state index contributed by atoms with van der Waals surface area (Å²) in [6.45, 7) is 6.61. The maximum Gasteiger partial charge on any atom is 0.471 e. The quantitative estimate of drug-likeness (QED) is 0.829. The lowest BCUT2D eigenvalue weighted by atomic mass is 10.0. The highest BCUT2D eigenvalue weighted by Crippen LogP contribution is 2.16. The van der Waals surface area contributed by atoms with Crippen LogP contribution in [0.3, 0.4) is 0 Å². The van der Waals surface area contributed by atoms with Crippen molar-refractivity contribution in [2.45, 2.75) is 32.5 Å². The Balaban J connectivity index is 2.51. The summed E-state index contributed by atoms with van der Waals surface area (Å²) < 4.78 is 41.7. The summed E-state index contributed by atoms with van der Waals surface area (Å²) in [5.74, 6) is -1.51. The fraction of sp³-hybridized carbons (Fsp3) is 0.917. The van der Waals surface area contributed by atoms with E-state index < -0.39 is 12.1 Å². The summed E-state index contributed by atoms with van der Waals surface area (Å²) >= 11 is 0. The van der Waals surface area contributed by atoms with E-state index in [2.05, 4.69) is 4.90 Å². The predicted octanol–water partition coefficient (Wildman–Crippen LogP) is 1.41. The molecule has 0 aromatic heterocycles. The molecule has 7 heteroatoms. The van der Waals surface area contributed by atoms with Gasteiger partial charge in [-0.3, -0.25) is 9.69 Å². The Kier molecular flexibility index (Phi) is 6.06. The zero-order valence-electron chi connectivity index (χ0n) is 11.3. The van der Waals surface area contributed by atoms with Gasteiger partial charge in [-0.15, -0.1) is 0 Å². The summed E-state index contributed by atoms with van der Waals surface area (Å²) in [5.41, 5.74) is 0. The Hall–Kier alpha value is -0.820. The molecule has 0 aromatic rings. The van der Waals surface area contributed by atoms with E-state index in [1.54, 1.807) is 0 Å². The molecule has 1 heterocycles. The first kappa shape index (κ1) is 16.2. The molecule has 1 atom stereocenters. The number of nitrogens with one attached hydrogen (secondary N) is 1. The van der Waals surface area contributed by atoms with Gasteiger partial charge in [0, 0.05) is 25.7 Å². The van der Waals surface area contributed by atoms with Gasteiger partial charge in [-0.1, -0.05) is 13.8 Å². The second-order valence-corrected chi connectivity index (χ2v) is 5.14. The lowest BCUT2D eigenvalue weighted by Crippen LogP contribution is -2.50. The molecule has 1 saturated heterocycles. The van der Waals surface area contributed by atoms with Crippen LogP contribution < -0.4 is 5.32 Å². The van der Waals surface area contributed by atoms with E-state index >= 15 is 0 Å². The zero-order valence-corrected chi connectivity index (χ0v) is 11.3. The largest absolute Gasteiger partial charge is 0.471 e. The van der Waals surface area contributed by atoms with Gasteiger partial charge in [0.15, 0.2) is 0 Å². The second kappa shape index (κ2) is 7.09. The van der Waals surface area contributed by atoms with Crippen LogP contribution >= 0.6 is 0 Å². The number of halogens is 3. The molecule has 0 aliphatic carbocycles. The summed E-state index contributed by atoms with van der Waals surface area (Å²) in [7, 11) is 0. The third kappa shape index (κ3) is 5.78. The smallest absolute Gasteiger partial charge is 0.379 e. The van der Waals surface area contributed by atoms with Gasteiger partial charge in [-0.25, -0.2) is 0 Å². The van der Waals surface area contributed by atoms with E-state index in [9.17, 15) is 18.0 Å². The minimum Gasteiger partial charge on any atom is -0.379 e. The Morgan fingerprint density at radius 3 is 2.37 bits per heavy atom. The molecule has 1 N–H and O–H groups in total. The molecule has 1 unspecified atom stereocenters. The van der Waals surface area contributed by atoms with Crippen molar-refractivity contribution < 1.29 is 22.7 Å². The molecular weight excluding hydrogens is 261 g/mol. The number of ether oxygens (including phenoxy) is 1. The summed E-state index contributed by atoms with van der Waals surface area (Å²) in [6.07, 6.45) is -4.06. The molecule has 0 aromatic carbocycles. The van der Waals surface area contributed by atoms with Gasteiger partial charge in [0.1, 0.15) is 0 Å². The number of nitrogens with zero attached hydrogens (tertiary/aromatic N) is 1. The molecule has 1 rings (SSSR count). The van der Waals surface area contributed by atoms with Crippen molar-refractivity contribution in [2.24, 2.45) is 5.92 Å². The van der Waals surface area contributed by atoms with Gasteiger partial charge in [0.2, 0.25) is 0 Å². The Morgan fingerprint density at radius 1 is 1.32 bits per heavy atom. The summed E-state index contributed by atoms with van der Waals surface area (Å²) in [6, 6.07) is -0.0739. The average molecular weight is 282 g/mol. The Labute approximate surface area is 111 Å². The van der Waals surface area contributed by atoms with Crippen molar-refractivity contribution >= 4 is 5.91 Å².